The third kappa shape index (κ3) is 5.80. The van der Waals surface area contributed by atoms with E-state index in [-0.39, 0.29) is 18.3 Å². The Labute approximate surface area is 188 Å². The van der Waals surface area contributed by atoms with Gasteiger partial charge in [0.2, 0.25) is 5.88 Å². The zero-order valence-corrected chi connectivity index (χ0v) is 18.6. The van der Waals surface area contributed by atoms with Crippen molar-refractivity contribution in [2.75, 3.05) is 36.0 Å². The maximum Gasteiger partial charge on any atom is 0.267 e. The number of morpholine rings is 1. The molecule has 10 heteroatoms. The number of hydrazine groups is 1. The van der Waals surface area contributed by atoms with E-state index >= 15 is 0 Å². The van der Waals surface area contributed by atoms with Crippen LogP contribution in [0.15, 0.2) is 54.0 Å². The molecule has 0 atom stereocenters. The van der Waals surface area contributed by atoms with E-state index < -0.39 is 0 Å². The molecule has 0 unspecified atom stereocenters. The average Bonchev–Trinajstić information content (AvgIpc) is 2.75. The minimum atomic E-state index is -0.362. The maximum absolute atomic E-state index is 14.1. The lowest BCUT2D eigenvalue weighted by Gasteiger charge is -2.26. The van der Waals surface area contributed by atoms with Crippen molar-refractivity contribution in [3.8, 4) is 5.88 Å². The number of hydrogen-bond donors (Lipinski definition) is 2. The summed E-state index contributed by atoms with van der Waals surface area (Å²) in [7, 11) is 0. The Kier molecular flexibility index (Phi) is 7.82. The molecule has 0 spiro atoms. The fourth-order valence-corrected chi connectivity index (χ4v) is 3.62. The number of pyridine rings is 1. The lowest BCUT2D eigenvalue weighted by atomic mass is 10.2. The van der Waals surface area contributed by atoms with Crippen LogP contribution in [0.5, 0.6) is 5.88 Å². The molecule has 2 heterocycles. The first-order valence-corrected chi connectivity index (χ1v) is 10.3. The number of carbonyl (C=O) groups excluding carboxylic acids is 1. The number of aromatic nitrogens is 1. The summed E-state index contributed by atoms with van der Waals surface area (Å²) in [6, 6.07) is 9.65. The minimum absolute atomic E-state index is 0.0892. The Morgan fingerprint density at radius 1 is 1.33 bits per heavy atom. The molecule has 30 heavy (non-hydrogen) atoms. The number of carbonyl (C=O) groups is 1. The largest absolute Gasteiger partial charge is 0.471 e. The highest BCUT2D eigenvalue weighted by Crippen LogP contribution is 2.27. The molecule has 1 aliphatic heterocycles. The molecular weight excluding hydrogens is 504 g/mol. The van der Waals surface area contributed by atoms with Gasteiger partial charge in [0.25, 0.3) is 5.91 Å². The van der Waals surface area contributed by atoms with Gasteiger partial charge in [0.1, 0.15) is 12.4 Å². The second-order valence-corrected chi connectivity index (χ2v) is 7.54. The van der Waals surface area contributed by atoms with Gasteiger partial charge < -0.3 is 15.2 Å². The fourth-order valence-electron chi connectivity index (χ4n) is 2.71. The number of anilines is 1. The number of nitrogens with one attached hydrogen (secondary N) is 1. The van der Waals surface area contributed by atoms with Crippen molar-refractivity contribution in [2.24, 2.45) is 5.73 Å². The summed E-state index contributed by atoms with van der Waals surface area (Å²) in [5.74, 6) is -0.276. The van der Waals surface area contributed by atoms with Crippen molar-refractivity contribution in [1.29, 1.82) is 0 Å². The van der Waals surface area contributed by atoms with Gasteiger partial charge in [-0.1, -0.05) is 12.1 Å². The monoisotopic (exact) mass is 527 g/mol. The van der Waals surface area contributed by atoms with Gasteiger partial charge in [-0.3, -0.25) is 13.3 Å². The summed E-state index contributed by atoms with van der Waals surface area (Å²) in [5, 5.41) is 1.81. The predicted octanol–water partition coefficient (Wildman–Crippen LogP) is 2.62. The lowest BCUT2D eigenvalue weighted by Crippen LogP contribution is -2.48. The predicted molar refractivity (Wildman–Crippen MR) is 119 cm³/mol. The quantitative estimate of drug-likeness (QED) is 0.423. The van der Waals surface area contributed by atoms with Crippen LogP contribution in [-0.4, -0.2) is 48.8 Å². The first-order valence-electron chi connectivity index (χ1n) is 9.34. The highest BCUT2D eigenvalue weighted by Gasteiger charge is 2.17. The summed E-state index contributed by atoms with van der Waals surface area (Å²) < 4.78 is 26.7. The number of nitrogens with zero attached hydrogens (tertiary/aromatic N) is 3. The molecule has 1 fully saturated rings. The molecule has 1 aromatic carbocycles. The van der Waals surface area contributed by atoms with Crippen LogP contribution in [0.4, 0.5) is 10.1 Å². The molecule has 2 aromatic rings. The van der Waals surface area contributed by atoms with Gasteiger partial charge >= 0.3 is 0 Å². The van der Waals surface area contributed by atoms with Crippen LogP contribution in [0.2, 0.25) is 0 Å². The molecular formula is C20H23FIN5O3. The van der Waals surface area contributed by atoms with E-state index in [2.05, 4.69) is 10.4 Å². The number of allylic oxidation sites excluding steroid dienone is 1. The Bertz CT molecular complexity index is 900. The summed E-state index contributed by atoms with van der Waals surface area (Å²) >= 11 is 1.98. The Hall–Kier alpha value is -2.44. The van der Waals surface area contributed by atoms with Crippen LogP contribution in [0.3, 0.4) is 0 Å². The van der Waals surface area contributed by atoms with Crippen molar-refractivity contribution in [3.05, 3.63) is 65.4 Å². The highest BCUT2D eigenvalue weighted by molar-refractivity contribution is 14.1. The van der Waals surface area contributed by atoms with E-state index in [0.717, 1.165) is 0 Å². The summed E-state index contributed by atoms with van der Waals surface area (Å²) in [5.41, 5.74) is 10.7. The van der Waals surface area contributed by atoms with Crippen LogP contribution in [-0.2, 0) is 4.74 Å². The SMILES string of the molecule is C/C(N)=C(\COc1ccc(C(=O)NN2CCOCC2)cn1)N(I)c1ccccc1F. The summed E-state index contributed by atoms with van der Waals surface area (Å²) in [4.78, 5) is 16.5. The molecule has 3 rings (SSSR count). The summed E-state index contributed by atoms with van der Waals surface area (Å²) in [6.45, 7) is 4.26. The second-order valence-electron chi connectivity index (χ2n) is 6.58. The number of amides is 1. The third-order valence-corrected chi connectivity index (χ3v) is 5.48. The first kappa shape index (κ1) is 22.2. The average molecular weight is 527 g/mol. The van der Waals surface area contributed by atoms with Gasteiger partial charge in [0.15, 0.2) is 0 Å². The number of para-hydroxylation sites is 1. The minimum Gasteiger partial charge on any atom is -0.471 e. The molecule has 160 valence electrons. The van der Waals surface area contributed by atoms with Crippen molar-refractivity contribution in [2.45, 2.75) is 6.92 Å². The van der Waals surface area contributed by atoms with E-state index in [4.69, 9.17) is 15.2 Å². The molecule has 8 nitrogen and oxygen atoms in total. The normalized spacial score (nSPS) is 15.3. The van der Waals surface area contributed by atoms with E-state index in [9.17, 15) is 9.18 Å². The lowest BCUT2D eigenvalue weighted by molar-refractivity contribution is 0.0126. The van der Waals surface area contributed by atoms with Gasteiger partial charge in [-0.15, -0.1) is 0 Å². The molecule has 0 bridgehead atoms. The molecule has 1 aromatic heterocycles. The second kappa shape index (κ2) is 10.5. The Morgan fingerprint density at radius 2 is 2.07 bits per heavy atom. The molecule has 1 saturated heterocycles. The van der Waals surface area contributed by atoms with E-state index in [0.29, 0.717) is 54.8 Å². The molecule has 3 N–H and O–H groups in total. The van der Waals surface area contributed by atoms with Gasteiger partial charge in [-0.25, -0.2) is 14.4 Å². The van der Waals surface area contributed by atoms with Crippen LogP contribution in [0.1, 0.15) is 17.3 Å². The standard InChI is InChI=1S/C20H23FIN5O3/c1-14(23)18(27(22)17-5-3-2-4-16(17)21)13-30-19-7-6-15(12-24-19)20(28)25-26-8-10-29-11-9-26/h2-7,12H,8-11,13,23H2,1H3,(H,25,28)/b18-14-. The number of ether oxygens (including phenoxy) is 2. The van der Waals surface area contributed by atoms with Crippen molar-refractivity contribution in [1.82, 2.24) is 15.4 Å². The Balaban J connectivity index is 1.61. The number of rotatable bonds is 7. The van der Waals surface area contributed by atoms with Gasteiger partial charge in [0, 0.05) is 31.0 Å². The Morgan fingerprint density at radius 3 is 2.70 bits per heavy atom. The molecule has 0 radical (unpaired) electrons. The van der Waals surface area contributed by atoms with Crippen LogP contribution >= 0.6 is 22.9 Å². The zero-order valence-electron chi connectivity index (χ0n) is 16.5. The number of hydrogen-bond acceptors (Lipinski definition) is 7. The summed E-state index contributed by atoms with van der Waals surface area (Å²) in [6.07, 6.45) is 1.45. The van der Waals surface area contributed by atoms with Crippen molar-refractivity contribution in [3.63, 3.8) is 0 Å². The van der Waals surface area contributed by atoms with E-state index in [1.165, 1.54) is 12.3 Å². The third-order valence-electron chi connectivity index (χ3n) is 4.38. The van der Waals surface area contributed by atoms with Crippen LogP contribution in [0, 0.1) is 5.82 Å². The van der Waals surface area contributed by atoms with Crippen LogP contribution < -0.4 is 19.0 Å². The van der Waals surface area contributed by atoms with Gasteiger partial charge in [0.05, 0.1) is 53.0 Å². The number of benzene rings is 1. The fraction of sp³-hybridized carbons (Fsp3) is 0.300. The smallest absolute Gasteiger partial charge is 0.267 e. The first-order chi connectivity index (χ1) is 14.5. The molecule has 0 aliphatic carbocycles. The van der Waals surface area contributed by atoms with Gasteiger partial charge in [-0.2, -0.15) is 0 Å². The maximum atomic E-state index is 14.1. The topological polar surface area (TPSA) is 92.9 Å². The van der Waals surface area contributed by atoms with Gasteiger partial charge in [-0.05, 0) is 25.1 Å². The zero-order chi connectivity index (χ0) is 21.5. The van der Waals surface area contributed by atoms with Crippen molar-refractivity contribution < 1.29 is 18.7 Å². The van der Waals surface area contributed by atoms with Crippen LogP contribution in [0.25, 0.3) is 0 Å². The molecule has 1 aliphatic rings. The molecule has 1 amide bonds. The van der Waals surface area contributed by atoms with E-state index in [1.54, 1.807) is 40.4 Å². The number of nitrogens with two attached hydrogens (primary N) is 1. The highest BCUT2D eigenvalue weighted by atomic mass is 127. The van der Waals surface area contributed by atoms with E-state index in [1.807, 2.05) is 27.9 Å². The van der Waals surface area contributed by atoms with Crippen molar-refractivity contribution >= 4 is 34.5 Å². The molecule has 0 saturated carbocycles. The number of halogens is 2.